The standard InChI is InChI=1S/C14H20FNO3S/c1-11-5-6-13(15)14(8-11)19-10-12-4-3-7-16(9-12)20(2,17)18/h5-6,8,12H,3-4,7,9-10H2,1-2H3. The SMILES string of the molecule is Cc1ccc(F)c(OCC2CCCN(S(C)(=O)=O)C2)c1. The zero-order valence-electron chi connectivity index (χ0n) is 11.8. The molecule has 0 spiro atoms. The van der Waals surface area contributed by atoms with Crippen molar-refractivity contribution in [3.63, 3.8) is 0 Å². The lowest BCUT2D eigenvalue weighted by Crippen LogP contribution is -2.40. The highest BCUT2D eigenvalue weighted by Gasteiger charge is 2.26. The van der Waals surface area contributed by atoms with Crippen LogP contribution in [0.2, 0.25) is 0 Å². The summed E-state index contributed by atoms with van der Waals surface area (Å²) < 4.78 is 43.6. The van der Waals surface area contributed by atoms with Crippen LogP contribution in [-0.2, 0) is 10.0 Å². The van der Waals surface area contributed by atoms with Crippen molar-refractivity contribution in [3.05, 3.63) is 29.6 Å². The Morgan fingerprint density at radius 3 is 2.90 bits per heavy atom. The van der Waals surface area contributed by atoms with Crippen LogP contribution < -0.4 is 4.74 Å². The fraction of sp³-hybridized carbons (Fsp3) is 0.571. The molecule has 1 aromatic carbocycles. The van der Waals surface area contributed by atoms with Crippen LogP contribution in [0.1, 0.15) is 18.4 Å². The van der Waals surface area contributed by atoms with Gasteiger partial charge < -0.3 is 4.74 Å². The van der Waals surface area contributed by atoms with E-state index in [1.165, 1.54) is 16.6 Å². The average Bonchev–Trinajstić information content (AvgIpc) is 2.39. The van der Waals surface area contributed by atoms with Crippen LogP contribution in [0, 0.1) is 18.7 Å². The molecule has 2 rings (SSSR count). The Bertz CT molecular complexity index is 574. The summed E-state index contributed by atoms with van der Waals surface area (Å²) in [5, 5.41) is 0. The molecule has 0 saturated carbocycles. The Morgan fingerprint density at radius 1 is 1.45 bits per heavy atom. The summed E-state index contributed by atoms with van der Waals surface area (Å²) in [7, 11) is -3.15. The van der Waals surface area contributed by atoms with Crippen LogP contribution >= 0.6 is 0 Å². The van der Waals surface area contributed by atoms with Gasteiger partial charge in [-0.25, -0.2) is 17.1 Å². The van der Waals surface area contributed by atoms with E-state index >= 15 is 0 Å². The molecule has 1 heterocycles. The van der Waals surface area contributed by atoms with E-state index in [1.807, 2.05) is 6.92 Å². The van der Waals surface area contributed by atoms with Gasteiger partial charge in [-0.2, -0.15) is 0 Å². The number of rotatable bonds is 4. The van der Waals surface area contributed by atoms with Gasteiger partial charge in [0.15, 0.2) is 11.6 Å². The Balaban J connectivity index is 1.95. The maximum atomic E-state index is 13.6. The first-order valence-electron chi connectivity index (χ1n) is 6.70. The molecule has 6 heteroatoms. The van der Waals surface area contributed by atoms with E-state index < -0.39 is 10.0 Å². The number of benzene rings is 1. The van der Waals surface area contributed by atoms with Crippen LogP contribution in [-0.4, -0.2) is 38.7 Å². The van der Waals surface area contributed by atoms with Crippen LogP contribution in [0.15, 0.2) is 18.2 Å². The van der Waals surface area contributed by atoms with Gasteiger partial charge in [0.25, 0.3) is 0 Å². The van der Waals surface area contributed by atoms with Crippen molar-refractivity contribution < 1.29 is 17.5 Å². The summed E-state index contributed by atoms with van der Waals surface area (Å²) in [4.78, 5) is 0. The first-order chi connectivity index (χ1) is 9.36. The monoisotopic (exact) mass is 301 g/mol. The molecule has 1 atom stereocenters. The molecular weight excluding hydrogens is 281 g/mol. The number of aryl methyl sites for hydroxylation is 1. The van der Waals surface area contributed by atoms with Crippen LogP contribution in [0.25, 0.3) is 0 Å². The smallest absolute Gasteiger partial charge is 0.211 e. The number of sulfonamides is 1. The summed E-state index contributed by atoms with van der Waals surface area (Å²) >= 11 is 0. The predicted molar refractivity (Wildman–Crippen MR) is 75.8 cm³/mol. The Kier molecular flexibility index (Phi) is 4.65. The second-order valence-corrected chi connectivity index (χ2v) is 7.36. The van der Waals surface area contributed by atoms with Gasteiger partial charge in [-0.1, -0.05) is 6.07 Å². The highest BCUT2D eigenvalue weighted by Crippen LogP contribution is 2.22. The third-order valence-corrected chi connectivity index (χ3v) is 4.78. The van der Waals surface area contributed by atoms with E-state index in [2.05, 4.69) is 0 Å². The number of nitrogens with zero attached hydrogens (tertiary/aromatic N) is 1. The molecule has 20 heavy (non-hydrogen) atoms. The molecule has 1 aromatic rings. The number of hydrogen-bond donors (Lipinski definition) is 0. The minimum absolute atomic E-state index is 0.110. The third-order valence-electron chi connectivity index (χ3n) is 3.51. The van der Waals surface area contributed by atoms with Gasteiger partial charge in [-0.3, -0.25) is 0 Å². The second-order valence-electron chi connectivity index (χ2n) is 5.37. The Labute approximate surface area is 119 Å². The molecule has 1 aliphatic heterocycles. The van der Waals surface area contributed by atoms with Gasteiger partial charge in [0.05, 0.1) is 12.9 Å². The summed E-state index contributed by atoms with van der Waals surface area (Å²) in [5.41, 5.74) is 0.933. The maximum Gasteiger partial charge on any atom is 0.211 e. The molecule has 0 radical (unpaired) electrons. The molecule has 0 bridgehead atoms. The molecular formula is C14H20FNO3S. The minimum Gasteiger partial charge on any atom is -0.490 e. The van der Waals surface area contributed by atoms with E-state index in [0.29, 0.717) is 19.7 Å². The lowest BCUT2D eigenvalue weighted by atomic mass is 10.0. The molecule has 4 nitrogen and oxygen atoms in total. The highest BCUT2D eigenvalue weighted by molar-refractivity contribution is 7.88. The van der Waals surface area contributed by atoms with Crippen molar-refractivity contribution in [1.82, 2.24) is 4.31 Å². The molecule has 1 unspecified atom stereocenters. The average molecular weight is 301 g/mol. The number of hydrogen-bond acceptors (Lipinski definition) is 3. The lowest BCUT2D eigenvalue weighted by Gasteiger charge is -2.30. The molecule has 1 saturated heterocycles. The third kappa shape index (κ3) is 3.93. The number of halogens is 1. The van der Waals surface area contributed by atoms with Gasteiger partial charge in [-0.05, 0) is 37.5 Å². The molecule has 0 amide bonds. The van der Waals surface area contributed by atoms with E-state index in [9.17, 15) is 12.8 Å². The number of piperidine rings is 1. The normalized spacial score (nSPS) is 20.9. The van der Waals surface area contributed by atoms with Crippen molar-refractivity contribution in [2.24, 2.45) is 5.92 Å². The fourth-order valence-electron chi connectivity index (χ4n) is 2.39. The van der Waals surface area contributed by atoms with E-state index in [0.717, 1.165) is 18.4 Å². The van der Waals surface area contributed by atoms with Crippen LogP contribution in [0.4, 0.5) is 4.39 Å². The predicted octanol–water partition coefficient (Wildman–Crippen LogP) is 2.18. The van der Waals surface area contributed by atoms with Crippen molar-refractivity contribution in [3.8, 4) is 5.75 Å². The molecule has 1 aliphatic rings. The van der Waals surface area contributed by atoms with E-state index in [-0.39, 0.29) is 17.5 Å². The second kappa shape index (κ2) is 6.10. The maximum absolute atomic E-state index is 13.6. The summed E-state index contributed by atoms with van der Waals surface area (Å²) in [6.45, 7) is 3.23. The van der Waals surface area contributed by atoms with E-state index in [1.54, 1.807) is 12.1 Å². The molecule has 1 fully saturated rings. The zero-order chi connectivity index (χ0) is 14.8. The summed E-state index contributed by atoms with van der Waals surface area (Å²) in [6, 6.07) is 4.73. The van der Waals surface area contributed by atoms with Gasteiger partial charge in [-0.15, -0.1) is 0 Å². The van der Waals surface area contributed by atoms with Crippen molar-refractivity contribution in [2.45, 2.75) is 19.8 Å². The van der Waals surface area contributed by atoms with Crippen molar-refractivity contribution >= 4 is 10.0 Å². The van der Waals surface area contributed by atoms with E-state index in [4.69, 9.17) is 4.74 Å². The van der Waals surface area contributed by atoms with Gasteiger partial charge in [0.2, 0.25) is 10.0 Å². The largest absolute Gasteiger partial charge is 0.490 e. The fourth-order valence-corrected chi connectivity index (χ4v) is 3.34. The van der Waals surface area contributed by atoms with Crippen molar-refractivity contribution in [1.29, 1.82) is 0 Å². The topological polar surface area (TPSA) is 46.6 Å². The molecule has 0 N–H and O–H groups in total. The number of ether oxygens (including phenoxy) is 1. The quantitative estimate of drug-likeness (QED) is 0.856. The lowest BCUT2D eigenvalue weighted by molar-refractivity contribution is 0.176. The van der Waals surface area contributed by atoms with Gasteiger partial charge in [0, 0.05) is 19.0 Å². The minimum atomic E-state index is -3.15. The van der Waals surface area contributed by atoms with Crippen LogP contribution in [0.3, 0.4) is 0 Å². The van der Waals surface area contributed by atoms with Crippen LogP contribution in [0.5, 0.6) is 5.75 Å². The summed E-state index contributed by atoms with van der Waals surface area (Å²) in [5.74, 6) is -0.0359. The van der Waals surface area contributed by atoms with Gasteiger partial charge >= 0.3 is 0 Å². The zero-order valence-corrected chi connectivity index (χ0v) is 12.6. The highest BCUT2D eigenvalue weighted by atomic mass is 32.2. The Hall–Kier alpha value is -1.14. The van der Waals surface area contributed by atoms with Crippen molar-refractivity contribution in [2.75, 3.05) is 26.0 Å². The summed E-state index contributed by atoms with van der Waals surface area (Å²) in [6.07, 6.45) is 2.94. The first kappa shape index (κ1) is 15.3. The van der Waals surface area contributed by atoms with Gasteiger partial charge in [0.1, 0.15) is 0 Å². The molecule has 0 aromatic heterocycles. The Morgan fingerprint density at radius 2 is 2.20 bits per heavy atom. The first-order valence-corrected chi connectivity index (χ1v) is 8.55. The molecule has 112 valence electrons. The molecule has 0 aliphatic carbocycles.